The number of nitrogens with zero attached hydrogens (tertiary/aromatic N) is 2. The van der Waals surface area contributed by atoms with Crippen LogP contribution in [0, 0.1) is 0 Å². The number of likely N-dealkylation sites (N-methyl/N-ethyl adjacent to an activating group) is 1. The molecule has 1 fully saturated rings. The van der Waals surface area contributed by atoms with Crippen molar-refractivity contribution in [2.24, 2.45) is 0 Å². The molecule has 1 aromatic heterocycles. The van der Waals surface area contributed by atoms with Crippen molar-refractivity contribution in [2.45, 2.75) is 38.3 Å². The first-order valence-corrected chi connectivity index (χ1v) is 6.83. The second-order valence-electron chi connectivity index (χ2n) is 5.27. The van der Waals surface area contributed by atoms with E-state index in [1.165, 1.54) is 4.68 Å². The van der Waals surface area contributed by atoms with E-state index in [2.05, 4.69) is 21.0 Å². The monoisotopic (exact) mass is 279 g/mol. The Kier molecular flexibility index (Phi) is 4.39. The quantitative estimate of drug-likeness (QED) is 0.729. The molecule has 1 atom stereocenters. The van der Waals surface area contributed by atoms with Crippen molar-refractivity contribution in [1.29, 1.82) is 0 Å². The normalized spacial score (nSPS) is 22.3. The minimum atomic E-state index is -0.527. The molecule has 1 aromatic rings. The summed E-state index contributed by atoms with van der Waals surface area (Å²) in [6.45, 7) is 2.91. The Morgan fingerprint density at radius 2 is 2.30 bits per heavy atom. The van der Waals surface area contributed by atoms with E-state index in [1.54, 1.807) is 19.4 Å². The second kappa shape index (κ2) is 6.04. The number of hydrogen-bond acceptors (Lipinski definition) is 4. The predicted molar refractivity (Wildman–Crippen MR) is 75.2 cm³/mol. The van der Waals surface area contributed by atoms with Crippen molar-refractivity contribution in [2.75, 3.05) is 18.9 Å². The molecule has 1 aliphatic heterocycles. The average Bonchev–Trinajstić information content (AvgIpc) is 2.86. The summed E-state index contributed by atoms with van der Waals surface area (Å²) in [5.41, 5.74) is 0.0775. The van der Waals surface area contributed by atoms with Crippen LogP contribution in [-0.4, -0.2) is 40.7 Å². The third kappa shape index (κ3) is 3.36. The van der Waals surface area contributed by atoms with Gasteiger partial charge in [0, 0.05) is 13.2 Å². The van der Waals surface area contributed by atoms with E-state index in [1.807, 2.05) is 6.92 Å². The topological polar surface area (TPSA) is 88.0 Å². The lowest BCUT2D eigenvalue weighted by molar-refractivity contribution is -0.122. The first-order valence-electron chi connectivity index (χ1n) is 6.83. The molecule has 2 amide bonds. The fourth-order valence-electron chi connectivity index (χ4n) is 2.26. The van der Waals surface area contributed by atoms with Crippen molar-refractivity contribution < 1.29 is 9.59 Å². The summed E-state index contributed by atoms with van der Waals surface area (Å²) in [7, 11) is 1.57. The molecule has 2 heterocycles. The number of amides is 2. The summed E-state index contributed by atoms with van der Waals surface area (Å²) in [4.78, 5) is 23.5. The molecule has 20 heavy (non-hydrogen) atoms. The maximum absolute atomic E-state index is 12.3. The SMILES string of the molecule is CNC(=O)Cn1cc(NC(=O)C2(C)CCCCN2)cn1. The standard InChI is InChI=1S/C13H21N5O2/c1-13(5-3-4-6-15-13)12(20)17-10-7-16-18(8-10)9-11(19)14-2/h7-8,15H,3-6,9H2,1-2H3,(H,14,19)(H,17,20). The van der Waals surface area contributed by atoms with Gasteiger partial charge in [0.25, 0.3) is 0 Å². The molecule has 7 nitrogen and oxygen atoms in total. The highest BCUT2D eigenvalue weighted by Gasteiger charge is 2.34. The lowest BCUT2D eigenvalue weighted by atomic mass is 9.90. The molecular formula is C13H21N5O2. The smallest absolute Gasteiger partial charge is 0.244 e. The van der Waals surface area contributed by atoms with Crippen molar-refractivity contribution in [3.05, 3.63) is 12.4 Å². The van der Waals surface area contributed by atoms with Gasteiger partial charge in [-0.1, -0.05) is 0 Å². The van der Waals surface area contributed by atoms with Gasteiger partial charge in [-0.3, -0.25) is 14.3 Å². The van der Waals surface area contributed by atoms with E-state index in [0.717, 1.165) is 25.8 Å². The number of aromatic nitrogens is 2. The molecule has 1 aliphatic rings. The van der Waals surface area contributed by atoms with Crippen LogP contribution in [0.2, 0.25) is 0 Å². The summed E-state index contributed by atoms with van der Waals surface area (Å²) >= 11 is 0. The zero-order valence-corrected chi connectivity index (χ0v) is 11.9. The van der Waals surface area contributed by atoms with E-state index in [9.17, 15) is 9.59 Å². The van der Waals surface area contributed by atoms with Gasteiger partial charge < -0.3 is 16.0 Å². The molecule has 1 saturated heterocycles. The molecule has 110 valence electrons. The summed E-state index contributed by atoms with van der Waals surface area (Å²) in [5, 5.41) is 12.7. The lowest BCUT2D eigenvalue weighted by Crippen LogP contribution is -2.54. The summed E-state index contributed by atoms with van der Waals surface area (Å²) < 4.78 is 1.49. The zero-order chi connectivity index (χ0) is 14.6. The maximum atomic E-state index is 12.3. The minimum Gasteiger partial charge on any atom is -0.358 e. The van der Waals surface area contributed by atoms with E-state index < -0.39 is 5.54 Å². The highest BCUT2D eigenvalue weighted by molar-refractivity contribution is 5.97. The molecule has 0 spiro atoms. The Bertz CT molecular complexity index is 491. The highest BCUT2D eigenvalue weighted by atomic mass is 16.2. The summed E-state index contributed by atoms with van der Waals surface area (Å²) in [6.07, 6.45) is 6.18. The third-order valence-electron chi connectivity index (χ3n) is 3.60. The largest absolute Gasteiger partial charge is 0.358 e. The number of rotatable bonds is 4. The molecule has 0 aromatic carbocycles. The molecule has 3 N–H and O–H groups in total. The Morgan fingerprint density at radius 3 is 2.95 bits per heavy atom. The Balaban J connectivity index is 1.96. The van der Waals surface area contributed by atoms with Crippen molar-refractivity contribution in [3.63, 3.8) is 0 Å². The fourth-order valence-corrected chi connectivity index (χ4v) is 2.26. The van der Waals surface area contributed by atoms with E-state index >= 15 is 0 Å². The summed E-state index contributed by atoms with van der Waals surface area (Å²) in [5.74, 6) is -0.191. The van der Waals surface area contributed by atoms with Crippen LogP contribution in [0.5, 0.6) is 0 Å². The fraction of sp³-hybridized carbons (Fsp3) is 0.615. The van der Waals surface area contributed by atoms with Gasteiger partial charge in [-0.25, -0.2) is 0 Å². The number of piperidine rings is 1. The maximum Gasteiger partial charge on any atom is 0.244 e. The number of carbonyl (C=O) groups excluding carboxylic acids is 2. The molecule has 0 radical (unpaired) electrons. The van der Waals surface area contributed by atoms with Crippen LogP contribution in [0.15, 0.2) is 12.4 Å². The van der Waals surface area contributed by atoms with Crippen LogP contribution in [0.4, 0.5) is 5.69 Å². The van der Waals surface area contributed by atoms with E-state index in [0.29, 0.717) is 5.69 Å². The molecule has 0 bridgehead atoms. The van der Waals surface area contributed by atoms with Gasteiger partial charge in [0.15, 0.2) is 0 Å². The number of nitrogens with one attached hydrogen (secondary N) is 3. The van der Waals surface area contributed by atoms with Crippen molar-refractivity contribution in [1.82, 2.24) is 20.4 Å². The Morgan fingerprint density at radius 1 is 1.50 bits per heavy atom. The lowest BCUT2D eigenvalue weighted by Gasteiger charge is -2.33. The molecule has 7 heteroatoms. The highest BCUT2D eigenvalue weighted by Crippen LogP contribution is 2.20. The van der Waals surface area contributed by atoms with Gasteiger partial charge >= 0.3 is 0 Å². The molecule has 2 rings (SSSR count). The minimum absolute atomic E-state index is 0.0586. The number of hydrogen-bond donors (Lipinski definition) is 3. The molecule has 0 aliphatic carbocycles. The van der Waals surface area contributed by atoms with E-state index in [4.69, 9.17) is 0 Å². The van der Waals surface area contributed by atoms with Crippen LogP contribution in [0.3, 0.4) is 0 Å². The second-order valence-corrected chi connectivity index (χ2v) is 5.27. The van der Waals surface area contributed by atoms with Gasteiger partial charge in [-0.15, -0.1) is 0 Å². The molecule has 0 saturated carbocycles. The van der Waals surface area contributed by atoms with Gasteiger partial charge in [-0.2, -0.15) is 5.10 Å². The molecule has 1 unspecified atom stereocenters. The van der Waals surface area contributed by atoms with Gasteiger partial charge in [-0.05, 0) is 32.7 Å². The van der Waals surface area contributed by atoms with Crippen molar-refractivity contribution >= 4 is 17.5 Å². The Labute approximate surface area is 118 Å². The zero-order valence-electron chi connectivity index (χ0n) is 11.9. The van der Waals surface area contributed by atoms with Crippen molar-refractivity contribution in [3.8, 4) is 0 Å². The Hall–Kier alpha value is -1.89. The summed E-state index contributed by atoms with van der Waals surface area (Å²) in [6, 6.07) is 0. The number of carbonyl (C=O) groups is 2. The van der Waals surface area contributed by atoms with Gasteiger partial charge in [0.2, 0.25) is 11.8 Å². The predicted octanol–water partition coefficient (Wildman–Crippen LogP) is 0.0998. The van der Waals surface area contributed by atoms with Crippen LogP contribution >= 0.6 is 0 Å². The average molecular weight is 279 g/mol. The van der Waals surface area contributed by atoms with Crippen LogP contribution in [-0.2, 0) is 16.1 Å². The van der Waals surface area contributed by atoms with Gasteiger partial charge in [0.1, 0.15) is 6.54 Å². The first-order chi connectivity index (χ1) is 9.53. The first kappa shape index (κ1) is 14.5. The third-order valence-corrected chi connectivity index (χ3v) is 3.60. The molecular weight excluding hydrogens is 258 g/mol. The van der Waals surface area contributed by atoms with Crippen LogP contribution in [0.25, 0.3) is 0 Å². The van der Waals surface area contributed by atoms with Gasteiger partial charge in [0.05, 0.1) is 17.4 Å². The van der Waals surface area contributed by atoms with E-state index in [-0.39, 0.29) is 18.4 Å². The van der Waals surface area contributed by atoms with Crippen LogP contribution in [0.1, 0.15) is 26.2 Å². The number of anilines is 1. The van der Waals surface area contributed by atoms with Crippen LogP contribution < -0.4 is 16.0 Å².